The number of pyridine rings is 1. The molecule has 0 aliphatic rings. The Hall–Kier alpha value is -2.60. The van der Waals surface area contributed by atoms with Gasteiger partial charge in [0, 0.05) is 11.3 Å². The second kappa shape index (κ2) is 6.49. The molecule has 0 unspecified atom stereocenters. The highest BCUT2D eigenvalue weighted by molar-refractivity contribution is 7.18. The number of rotatable bonds is 4. The molecule has 0 fully saturated rings. The Labute approximate surface area is 143 Å². The fraction of sp³-hybridized carbons (Fsp3) is 0.222. The van der Waals surface area contributed by atoms with Gasteiger partial charge in [0.25, 0.3) is 0 Å². The standard InChI is InChI=1S/C18H16N2O3S/c1-10-13(12(3)21)8-14(11(2)19-10)18(22)23-9-17-20-15-6-4-5-7-16(15)24-17/h4-8H,9H2,1-3H3. The smallest absolute Gasteiger partial charge is 0.340 e. The molecule has 0 aliphatic heterocycles. The molecular formula is C18H16N2O3S. The van der Waals surface area contributed by atoms with Gasteiger partial charge in [-0.2, -0.15) is 0 Å². The normalized spacial score (nSPS) is 10.8. The summed E-state index contributed by atoms with van der Waals surface area (Å²) < 4.78 is 6.41. The van der Waals surface area contributed by atoms with Crippen molar-refractivity contribution in [1.29, 1.82) is 0 Å². The lowest BCUT2D eigenvalue weighted by Gasteiger charge is -2.09. The van der Waals surface area contributed by atoms with Crippen LogP contribution in [0.5, 0.6) is 0 Å². The lowest BCUT2D eigenvalue weighted by Crippen LogP contribution is -2.11. The molecule has 0 radical (unpaired) electrons. The number of carbonyl (C=O) groups is 2. The monoisotopic (exact) mass is 340 g/mol. The van der Waals surface area contributed by atoms with Gasteiger partial charge in [-0.3, -0.25) is 9.78 Å². The lowest BCUT2D eigenvalue weighted by molar-refractivity contribution is 0.0471. The molecule has 0 bridgehead atoms. The molecule has 0 N–H and O–H groups in total. The Balaban J connectivity index is 1.79. The van der Waals surface area contributed by atoms with Gasteiger partial charge in [-0.1, -0.05) is 12.1 Å². The Morgan fingerprint density at radius 3 is 2.50 bits per heavy atom. The number of hydrogen-bond acceptors (Lipinski definition) is 6. The molecule has 0 aliphatic carbocycles. The maximum Gasteiger partial charge on any atom is 0.340 e. The van der Waals surface area contributed by atoms with Crippen molar-refractivity contribution in [1.82, 2.24) is 9.97 Å². The van der Waals surface area contributed by atoms with Crippen molar-refractivity contribution in [3.05, 3.63) is 57.9 Å². The van der Waals surface area contributed by atoms with E-state index in [-0.39, 0.29) is 12.4 Å². The molecule has 5 nitrogen and oxygen atoms in total. The average Bonchev–Trinajstić information content (AvgIpc) is 2.95. The molecule has 0 amide bonds. The topological polar surface area (TPSA) is 69.2 Å². The number of nitrogens with zero attached hydrogens (tertiary/aromatic N) is 2. The minimum Gasteiger partial charge on any atom is -0.455 e. The first-order valence-electron chi connectivity index (χ1n) is 7.46. The fourth-order valence-corrected chi connectivity index (χ4v) is 3.36. The molecule has 3 aromatic rings. The van der Waals surface area contributed by atoms with Gasteiger partial charge in [-0.25, -0.2) is 9.78 Å². The van der Waals surface area contributed by atoms with E-state index in [1.165, 1.54) is 18.3 Å². The van der Waals surface area contributed by atoms with Gasteiger partial charge in [0.05, 0.1) is 21.5 Å². The molecule has 24 heavy (non-hydrogen) atoms. The van der Waals surface area contributed by atoms with E-state index in [1.807, 2.05) is 24.3 Å². The second-order valence-electron chi connectivity index (χ2n) is 5.46. The zero-order valence-electron chi connectivity index (χ0n) is 13.6. The number of ether oxygens (including phenoxy) is 1. The number of benzene rings is 1. The van der Waals surface area contributed by atoms with Crippen LogP contribution in [0, 0.1) is 13.8 Å². The number of hydrogen-bond donors (Lipinski definition) is 0. The Morgan fingerprint density at radius 2 is 1.79 bits per heavy atom. The van der Waals surface area contributed by atoms with Gasteiger partial charge in [0.2, 0.25) is 0 Å². The number of carbonyl (C=O) groups excluding carboxylic acids is 2. The third kappa shape index (κ3) is 3.19. The van der Waals surface area contributed by atoms with Crippen molar-refractivity contribution in [2.24, 2.45) is 0 Å². The summed E-state index contributed by atoms with van der Waals surface area (Å²) in [4.78, 5) is 32.7. The van der Waals surface area contributed by atoms with Crippen LogP contribution in [-0.4, -0.2) is 21.7 Å². The van der Waals surface area contributed by atoms with E-state index in [0.29, 0.717) is 22.5 Å². The quantitative estimate of drug-likeness (QED) is 0.533. The highest BCUT2D eigenvalue weighted by Crippen LogP contribution is 2.22. The molecule has 2 heterocycles. The van der Waals surface area contributed by atoms with Crippen molar-refractivity contribution in [2.75, 3.05) is 0 Å². The lowest BCUT2D eigenvalue weighted by atomic mass is 10.1. The van der Waals surface area contributed by atoms with Gasteiger partial charge in [-0.15, -0.1) is 11.3 Å². The van der Waals surface area contributed by atoms with E-state index >= 15 is 0 Å². The highest BCUT2D eigenvalue weighted by Gasteiger charge is 2.17. The largest absolute Gasteiger partial charge is 0.455 e. The Kier molecular flexibility index (Phi) is 4.40. The highest BCUT2D eigenvalue weighted by atomic mass is 32.1. The van der Waals surface area contributed by atoms with Gasteiger partial charge in [-0.05, 0) is 39.0 Å². The molecule has 1 aromatic carbocycles. The van der Waals surface area contributed by atoms with Crippen LogP contribution in [-0.2, 0) is 11.3 Å². The summed E-state index contributed by atoms with van der Waals surface area (Å²) in [7, 11) is 0. The minimum absolute atomic E-state index is 0.0981. The number of esters is 1. The van der Waals surface area contributed by atoms with Gasteiger partial charge in [0.1, 0.15) is 11.6 Å². The van der Waals surface area contributed by atoms with Crippen LogP contribution >= 0.6 is 11.3 Å². The first kappa shape index (κ1) is 16.3. The van der Waals surface area contributed by atoms with E-state index < -0.39 is 5.97 Å². The number of aryl methyl sites for hydroxylation is 2. The van der Waals surface area contributed by atoms with Crippen molar-refractivity contribution in [3.63, 3.8) is 0 Å². The van der Waals surface area contributed by atoms with Crippen LogP contribution in [0.1, 0.15) is 44.0 Å². The summed E-state index contributed by atoms with van der Waals surface area (Å²) >= 11 is 1.49. The molecule has 0 saturated heterocycles. The number of fused-ring (bicyclic) bond motifs is 1. The molecular weight excluding hydrogens is 324 g/mol. The van der Waals surface area contributed by atoms with E-state index in [2.05, 4.69) is 9.97 Å². The predicted octanol–water partition coefficient (Wildman–Crippen LogP) is 3.87. The van der Waals surface area contributed by atoms with E-state index in [9.17, 15) is 9.59 Å². The van der Waals surface area contributed by atoms with Crippen LogP contribution in [0.4, 0.5) is 0 Å². The third-order valence-corrected chi connectivity index (χ3v) is 4.68. The van der Waals surface area contributed by atoms with Crippen LogP contribution < -0.4 is 0 Å². The molecule has 3 rings (SSSR count). The van der Waals surface area contributed by atoms with Gasteiger partial charge in [0.15, 0.2) is 5.78 Å². The van der Waals surface area contributed by atoms with Crippen molar-refractivity contribution in [2.45, 2.75) is 27.4 Å². The predicted molar refractivity (Wildman–Crippen MR) is 92.5 cm³/mol. The molecule has 2 aromatic heterocycles. The number of Topliss-reactive ketones (excluding diaryl/α,β-unsaturated/α-hetero) is 1. The van der Waals surface area contributed by atoms with Crippen LogP contribution in [0.3, 0.4) is 0 Å². The zero-order valence-corrected chi connectivity index (χ0v) is 14.4. The van der Waals surface area contributed by atoms with Crippen molar-refractivity contribution < 1.29 is 14.3 Å². The molecule has 0 atom stereocenters. The number of para-hydroxylation sites is 1. The van der Waals surface area contributed by atoms with E-state index in [0.717, 1.165) is 15.2 Å². The molecule has 6 heteroatoms. The minimum atomic E-state index is -0.498. The van der Waals surface area contributed by atoms with Gasteiger partial charge < -0.3 is 4.74 Å². The maximum atomic E-state index is 12.3. The fourth-order valence-electron chi connectivity index (χ4n) is 2.47. The molecule has 0 spiro atoms. The van der Waals surface area contributed by atoms with Crippen molar-refractivity contribution >= 4 is 33.3 Å². The third-order valence-electron chi connectivity index (χ3n) is 3.67. The van der Waals surface area contributed by atoms with Crippen LogP contribution in [0.15, 0.2) is 30.3 Å². The average molecular weight is 340 g/mol. The summed E-state index contributed by atoms with van der Waals surface area (Å²) in [6.45, 7) is 5.03. The van der Waals surface area contributed by atoms with E-state index in [4.69, 9.17) is 4.74 Å². The maximum absolute atomic E-state index is 12.3. The summed E-state index contributed by atoms with van der Waals surface area (Å²) in [6.07, 6.45) is 0. The summed E-state index contributed by atoms with van der Waals surface area (Å²) in [5, 5.41) is 0.731. The summed E-state index contributed by atoms with van der Waals surface area (Å²) in [6, 6.07) is 9.32. The van der Waals surface area contributed by atoms with E-state index in [1.54, 1.807) is 19.9 Å². The number of aromatic nitrogens is 2. The Bertz CT molecular complexity index is 914. The van der Waals surface area contributed by atoms with Crippen molar-refractivity contribution in [3.8, 4) is 0 Å². The molecule has 122 valence electrons. The number of ketones is 1. The number of thiazole rings is 1. The first-order chi connectivity index (χ1) is 11.5. The molecule has 0 saturated carbocycles. The Morgan fingerprint density at radius 1 is 1.08 bits per heavy atom. The second-order valence-corrected chi connectivity index (χ2v) is 6.58. The zero-order chi connectivity index (χ0) is 17.3. The summed E-state index contributed by atoms with van der Waals surface area (Å²) in [5.74, 6) is -0.623. The summed E-state index contributed by atoms with van der Waals surface area (Å²) in [5.41, 5.74) is 2.80. The SMILES string of the molecule is CC(=O)c1cc(C(=O)OCc2nc3ccccc3s2)c(C)nc1C. The van der Waals surface area contributed by atoms with Gasteiger partial charge >= 0.3 is 5.97 Å². The first-order valence-corrected chi connectivity index (χ1v) is 8.28. The van der Waals surface area contributed by atoms with Crippen LogP contribution in [0.2, 0.25) is 0 Å². The van der Waals surface area contributed by atoms with Crippen LogP contribution in [0.25, 0.3) is 10.2 Å².